The lowest BCUT2D eigenvalue weighted by atomic mass is 10.2. The number of H-pyrrole nitrogens is 1. The van der Waals surface area contributed by atoms with Crippen LogP contribution in [0.1, 0.15) is 5.56 Å². The van der Waals surface area contributed by atoms with Gasteiger partial charge in [-0.2, -0.15) is 0 Å². The summed E-state index contributed by atoms with van der Waals surface area (Å²) in [4.78, 5) is 23.4. The first-order valence-electron chi connectivity index (χ1n) is 5.77. The number of rotatable bonds is 1. The van der Waals surface area contributed by atoms with Crippen LogP contribution in [0.15, 0.2) is 29.1 Å². The van der Waals surface area contributed by atoms with E-state index in [1.165, 1.54) is 11.3 Å². The summed E-state index contributed by atoms with van der Waals surface area (Å²) < 4.78 is 0. The van der Waals surface area contributed by atoms with Crippen LogP contribution in [0, 0.1) is 13.5 Å². The Balaban J connectivity index is 2.28. The van der Waals surface area contributed by atoms with Crippen molar-refractivity contribution < 1.29 is 0 Å². The lowest BCUT2D eigenvalue weighted by molar-refractivity contribution is 1.18. The Morgan fingerprint density at radius 2 is 2.05 bits per heavy atom. The second-order valence-corrected chi connectivity index (χ2v) is 5.66. The molecule has 0 unspecified atom stereocenters. The van der Waals surface area contributed by atoms with Crippen molar-refractivity contribution in [3.05, 3.63) is 56.6 Å². The number of aryl methyl sites for hydroxylation is 1. The molecule has 2 heterocycles. The third-order valence-electron chi connectivity index (χ3n) is 2.99. The molecule has 0 bridgehead atoms. The Kier molecular flexibility index (Phi) is 3.05. The molecule has 3 rings (SSSR count). The van der Waals surface area contributed by atoms with E-state index in [2.05, 4.69) is 14.8 Å². The summed E-state index contributed by atoms with van der Waals surface area (Å²) in [6.07, 6.45) is 0. The number of halogens is 1. The Bertz CT molecular complexity index is 903. The summed E-state index contributed by atoms with van der Waals surface area (Å²) in [5, 5.41) is 1.63. The number of aromatic nitrogens is 2. The van der Waals surface area contributed by atoms with Gasteiger partial charge in [0.2, 0.25) is 5.00 Å². The molecule has 0 amide bonds. The first-order chi connectivity index (χ1) is 9.60. The van der Waals surface area contributed by atoms with Gasteiger partial charge >= 0.3 is 0 Å². The monoisotopic (exact) mass is 301 g/mol. The van der Waals surface area contributed by atoms with Crippen LogP contribution in [0.2, 0.25) is 5.02 Å². The van der Waals surface area contributed by atoms with Crippen LogP contribution in [-0.4, -0.2) is 9.97 Å². The van der Waals surface area contributed by atoms with Crippen LogP contribution >= 0.6 is 22.9 Å². The molecule has 0 saturated heterocycles. The van der Waals surface area contributed by atoms with Crippen molar-refractivity contribution >= 4 is 38.2 Å². The average Bonchev–Trinajstić information content (AvgIpc) is 2.76. The van der Waals surface area contributed by atoms with Gasteiger partial charge in [0.1, 0.15) is 10.7 Å². The van der Waals surface area contributed by atoms with Gasteiger partial charge in [0, 0.05) is 10.6 Å². The largest absolute Gasteiger partial charge is 0.306 e. The van der Waals surface area contributed by atoms with Crippen LogP contribution < -0.4 is 5.56 Å². The molecule has 2 aromatic heterocycles. The number of thiophene rings is 1. The quantitative estimate of drug-likeness (QED) is 0.686. The molecular formula is C14H8ClN3OS. The van der Waals surface area contributed by atoms with E-state index in [-0.39, 0.29) is 5.56 Å². The molecule has 0 spiro atoms. The molecule has 0 fully saturated rings. The SMILES string of the molecule is [C-]#[N+]c1sc2nc(-c3ccc(Cl)cc3)[nH]c(=O)c2c1C. The van der Waals surface area contributed by atoms with Gasteiger partial charge in [-0.1, -0.05) is 11.6 Å². The summed E-state index contributed by atoms with van der Waals surface area (Å²) >= 11 is 7.08. The Morgan fingerprint density at radius 1 is 1.35 bits per heavy atom. The molecule has 0 aliphatic carbocycles. The van der Waals surface area contributed by atoms with Crippen molar-refractivity contribution in [2.45, 2.75) is 6.92 Å². The van der Waals surface area contributed by atoms with Gasteiger partial charge in [-0.25, -0.2) is 9.83 Å². The Hall–Kier alpha value is -2.16. The highest BCUT2D eigenvalue weighted by atomic mass is 35.5. The van der Waals surface area contributed by atoms with Gasteiger partial charge in [-0.15, -0.1) is 11.3 Å². The van der Waals surface area contributed by atoms with Crippen molar-refractivity contribution in [1.29, 1.82) is 0 Å². The van der Waals surface area contributed by atoms with E-state index in [1.54, 1.807) is 31.2 Å². The molecule has 0 atom stereocenters. The van der Waals surface area contributed by atoms with Crippen molar-refractivity contribution in [1.82, 2.24) is 9.97 Å². The maximum Gasteiger partial charge on any atom is 0.258 e. The Morgan fingerprint density at radius 3 is 2.70 bits per heavy atom. The highest BCUT2D eigenvalue weighted by Crippen LogP contribution is 2.34. The topological polar surface area (TPSA) is 50.1 Å². The van der Waals surface area contributed by atoms with Gasteiger partial charge in [0.05, 0.1) is 12.0 Å². The van der Waals surface area contributed by atoms with E-state index in [0.29, 0.717) is 31.6 Å². The minimum absolute atomic E-state index is 0.219. The van der Waals surface area contributed by atoms with Crippen LogP contribution in [0.4, 0.5) is 5.00 Å². The molecule has 98 valence electrons. The minimum Gasteiger partial charge on any atom is -0.306 e. The number of benzene rings is 1. The smallest absolute Gasteiger partial charge is 0.258 e. The van der Waals surface area contributed by atoms with Gasteiger partial charge in [0.15, 0.2) is 0 Å². The highest BCUT2D eigenvalue weighted by molar-refractivity contribution is 7.22. The number of nitrogens with one attached hydrogen (secondary N) is 1. The molecule has 3 aromatic rings. The van der Waals surface area contributed by atoms with E-state index in [4.69, 9.17) is 18.2 Å². The summed E-state index contributed by atoms with van der Waals surface area (Å²) in [7, 11) is 0. The molecular weight excluding hydrogens is 294 g/mol. The molecule has 0 aliphatic rings. The first kappa shape index (κ1) is 12.9. The second kappa shape index (κ2) is 4.75. The van der Waals surface area contributed by atoms with Crippen LogP contribution in [-0.2, 0) is 0 Å². The number of nitrogens with zero attached hydrogens (tertiary/aromatic N) is 2. The molecule has 6 heteroatoms. The van der Waals surface area contributed by atoms with Gasteiger partial charge in [-0.05, 0) is 36.8 Å². The average molecular weight is 302 g/mol. The van der Waals surface area contributed by atoms with Crippen LogP contribution in [0.25, 0.3) is 26.4 Å². The predicted molar refractivity (Wildman–Crippen MR) is 81.7 cm³/mol. The standard InChI is InChI=1S/C14H8ClN3OS/c1-7-10-12(19)17-11(8-3-5-9(15)6-4-8)18-14(10)20-13(7)16-2/h3-6H,1H3,(H,17,18,19). The molecule has 0 radical (unpaired) electrons. The number of hydrogen-bond acceptors (Lipinski definition) is 3. The summed E-state index contributed by atoms with van der Waals surface area (Å²) in [5.74, 6) is 0.483. The molecule has 0 aliphatic heterocycles. The van der Waals surface area contributed by atoms with Gasteiger partial charge in [0.25, 0.3) is 5.56 Å². The van der Waals surface area contributed by atoms with Crippen molar-refractivity contribution in [2.75, 3.05) is 0 Å². The summed E-state index contributed by atoms with van der Waals surface area (Å²) in [6.45, 7) is 8.88. The van der Waals surface area contributed by atoms with Crippen molar-refractivity contribution in [3.63, 3.8) is 0 Å². The minimum atomic E-state index is -0.219. The molecule has 20 heavy (non-hydrogen) atoms. The predicted octanol–water partition coefficient (Wildman–Crippen LogP) is 4.16. The number of fused-ring (bicyclic) bond motifs is 1. The first-order valence-corrected chi connectivity index (χ1v) is 6.96. The fraction of sp³-hybridized carbons (Fsp3) is 0.0714. The number of aromatic amines is 1. The summed E-state index contributed by atoms with van der Waals surface area (Å²) in [6, 6.07) is 7.07. The Labute approximate surface area is 123 Å². The zero-order valence-electron chi connectivity index (χ0n) is 10.4. The maximum atomic E-state index is 12.2. The fourth-order valence-electron chi connectivity index (χ4n) is 1.98. The molecule has 1 aromatic carbocycles. The van der Waals surface area contributed by atoms with Gasteiger partial charge in [-0.3, -0.25) is 4.79 Å². The zero-order chi connectivity index (χ0) is 14.3. The normalized spacial score (nSPS) is 10.7. The maximum absolute atomic E-state index is 12.2. The molecule has 1 N–H and O–H groups in total. The second-order valence-electron chi connectivity index (χ2n) is 4.25. The van der Waals surface area contributed by atoms with Crippen LogP contribution in [0.5, 0.6) is 0 Å². The van der Waals surface area contributed by atoms with Crippen molar-refractivity contribution in [2.24, 2.45) is 0 Å². The van der Waals surface area contributed by atoms with Crippen molar-refractivity contribution in [3.8, 4) is 11.4 Å². The van der Waals surface area contributed by atoms with Crippen LogP contribution in [0.3, 0.4) is 0 Å². The third-order valence-corrected chi connectivity index (χ3v) is 4.33. The van der Waals surface area contributed by atoms with Gasteiger partial charge < -0.3 is 4.98 Å². The fourth-order valence-corrected chi connectivity index (χ4v) is 3.08. The lowest BCUT2D eigenvalue weighted by Crippen LogP contribution is -2.08. The summed E-state index contributed by atoms with van der Waals surface area (Å²) in [5.41, 5.74) is 1.25. The molecule has 4 nitrogen and oxygen atoms in total. The zero-order valence-corrected chi connectivity index (χ0v) is 12.0. The number of hydrogen-bond donors (Lipinski definition) is 1. The van der Waals surface area contributed by atoms with E-state index in [0.717, 1.165) is 5.56 Å². The highest BCUT2D eigenvalue weighted by Gasteiger charge is 2.14. The van der Waals surface area contributed by atoms with E-state index < -0.39 is 0 Å². The lowest BCUT2D eigenvalue weighted by Gasteiger charge is -2.01. The van der Waals surface area contributed by atoms with E-state index >= 15 is 0 Å². The van der Waals surface area contributed by atoms with E-state index in [9.17, 15) is 4.79 Å². The van der Waals surface area contributed by atoms with E-state index in [1.807, 2.05) is 0 Å². The third kappa shape index (κ3) is 1.99. The molecule has 0 saturated carbocycles.